The monoisotopic (exact) mass is 412 g/mol. The van der Waals surface area contributed by atoms with E-state index >= 15 is 0 Å². The molecular formula is C25H24N4O2. The summed E-state index contributed by atoms with van der Waals surface area (Å²) in [6, 6.07) is 13.9. The number of hydrogen-bond acceptors (Lipinski definition) is 4. The summed E-state index contributed by atoms with van der Waals surface area (Å²) in [6.07, 6.45) is 8.06. The number of aliphatic hydroxyl groups is 1. The summed E-state index contributed by atoms with van der Waals surface area (Å²) in [5.74, 6) is 0.368. The first-order valence-corrected chi connectivity index (χ1v) is 10.6. The average Bonchev–Trinajstić information content (AvgIpc) is 3.18. The number of benzene rings is 2. The molecule has 6 nitrogen and oxygen atoms in total. The van der Waals surface area contributed by atoms with Crippen molar-refractivity contribution in [2.24, 2.45) is 7.05 Å². The molecule has 0 saturated heterocycles. The standard InChI is InChI=1S/C25H24N4O2/c1-29-23(15-30)22(14-27-29)18-7-9-20-13-26-24(12-21(20)11-18)28-25(31)19-8-6-16-4-2-3-5-17(16)10-19/h6-14,30H,2-5,15H2,1H3,(H,26,28,31). The smallest absolute Gasteiger partial charge is 0.256 e. The molecule has 0 unspecified atom stereocenters. The maximum absolute atomic E-state index is 12.8. The number of aryl methyl sites for hydroxylation is 3. The lowest BCUT2D eigenvalue weighted by molar-refractivity contribution is 0.102. The molecule has 1 aliphatic rings. The van der Waals surface area contributed by atoms with Gasteiger partial charge in [0.05, 0.1) is 18.5 Å². The van der Waals surface area contributed by atoms with E-state index in [4.69, 9.17) is 0 Å². The van der Waals surface area contributed by atoms with Crippen LogP contribution in [-0.2, 0) is 26.5 Å². The average molecular weight is 412 g/mol. The van der Waals surface area contributed by atoms with Gasteiger partial charge in [0.2, 0.25) is 0 Å². The van der Waals surface area contributed by atoms with Crippen molar-refractivity contribution < 1.29 is 9.90 Å². The van der Waals surface area contributed by atoms with Crippen LogP contribution in [0.2, 0.25) is 0 Å². The maximum atomic E-state index is 12.8. The number of nitrogens with zero attached hydrogens (tertiary/aromatic N) is 3. The molecule has 0 saturated carbocycles. The lowest BCUT2D eigenvalue weighted by Crippen LogP contribution is -2.14. The third kappa shape index (κ3) is 3.70. The molecule has 1 aliphatic carbocycles. The normalized spacial score (nSPS) is 13.2. The summed E-state index contributed by atoms with van der Waals surface area (Å²) in [7, 11) is 1.81. The minimum absolute atomic E-state index is 0.0811. The molecule has 5 rings (SSSR count). The molecule has 6 heteroatoms. The predicted octanol–water partition coefficient (Wildman–Crippen LogP) is 4.26. The molecule has 2 aromatic carbocycles. The first-order chi connectivity index (χ1) is 15.1. The summed E-state index contributed by atoms with van der Waals surface area (Å²) in [4.78, 5) is 17.2. The Balaban J connectivity index is 1.43. The highest BCUT2D eigenvalue weighted by Gasteiger charge is 2.14. The van der Waals surface area contributed by atoms with Crippen LogP contribution in [0.25, 0.3) is 21.9 Å². The molecule has 0 spiro atoms. The summed E-state index contributed by atoms with van der Waals surface area (Å²) in [6.45, 7) is -0.0811. The largest absolute Gasteiger partial charge is 0.390 e. The van der Waals surface area contributed by atoms with E-state index < -0.39 is 0 Å². The molecule has 2 aromatic heterocycles. The Morgan fingerprint density at radius 3 is 2.71 bits per heavy atom. The van der Waals surface area contributed by atoms with Gasteiger partial charge in [-0.1, -0.05) is 18.2 Å². The fourth-order valence-corrected chi connectivity index (χ4v) is 4.33. The fourth-order valence-electron chi connectivity index (χ4n) is 4.33. The van der Waals surface area contributed by atoms with Gasteiger partial charge in [0.1, 0.15) is 5.82 Å². The Bertz CT molecular complexity index is 1290. The second-order valence-corrected chi connectivity index (χ2v) is 8.06. The van der Waals surface area contributed by atoms with E-state index in [1.54, 1.807) is 17.1 Å². The van der Waals surface area contributed by atoms with Gasteiger partial charge in [0.15, 0.2) is 0 Å². The van der Waals surface area contributed by atoms with Crippen LogP contribution in [0, 0.1) is 0 Å². The Hall–Kier alpha value is -3.51. The van der Waals surface area contributed by atoms with E-state index in [0.29, 0.717) is 11.4 Å². The molecule has 2 N–H and O–H groups in total. The van der Waals surface area contributed by atoms with Crippen molar-refractivity contribution in [1.29, 1.82) is 0 Å². The molecule has 0 radical (unpaired) electrons. The van der Waals surface area contributed by atoms with Crippen LogP contribution in [0.1, 0.15) is 40.0 Å². The highest BCUT2D eigenvalue weighted by molar-refractivity contribution is 6.04. The number of aromatic nitrogens is 3. The van der Waals surface area contributed by atoms with Gasteiger partial charge in [-0.3, -0.25) is 9.48 Å². The maximum Gasteiger partial charge on any atom is 0.256 e. The van der Waals surface area contributed by atoms with E-state index in [-0.39, 0.29) is 12.5 Å². The van der Waals surface area contributed by atoms with Crippen molar-refractivity contribution in [2.75, 3.05) is 5.32 Å². The van der Waals surface area contributed by atoms with Crippen molar-refractivity contribution in [2.45, 2.75) is 32.3 Å². The van der Waals surface area contributed by atoms with Crippen LogP contribution in [-0.4, -0.2) is 25.8 Å². The molecule has 0 atom stereocenters. The topological polar surface area (TPSA) is 80.0 Å². The molecule has 0 fully saturated rings. The number of aliphatic hydroxyl groups excluding tert-OH is 1. The summed E-state index contributed by atoms with van der Waals surface area (Å²) >= 11 is 0. The Morgan fingerprint density at radius 2 is 1.87 bits per heavy atom. The molecule has 156 valence electrons. The Morgan fingerprint density at radius 1 is 1.03 bits per heavy atom. The van der Waals surface area contributed by atoms with E-state index in [0.717, 1.165) is 40.4 Å². The Kier molecular flexibility index (Phi) is 5.00. The quantitative estimate of drug-likeness (QED) is 0.525. The van der Waals surface area contributed by atoms with Crippen molar-refractivity contribution in [1.82, 2.24) is 14.8 Å². The van der Waals surface area contributed by atoms with Crippen LogP contribution in [0.3, 0.4) is 0 Å². The second kappa shape index (κ2) is 7.96. The van der Waals surface area contributed by atoms with Crippen molar-refractivity contribution in [3.05, 3.63) is 77.2 Å². The first-order valence-electron chi connectivity index (χ1n) is 10.6. The van der Waals surface area contributed by atoms with Gasteiger partial charge in [-0.15, -0.1) is 0 Å². The molecule has 2 heterocycles. The highest BCUT2D eigenvalue weighted by atomic mass is 16.3. The van der Waals surface area contributed by atoms with Gasteiger partial charge in [-0.2, -0.15) is 5.10 Å². The lowest BCUT2D eigenvalue weighted by Gasteiger charge is -2.16. The summed E-state index contributed by atoms with van der Waals surface area (Å²) < 4.78 is 1.68. The Labute approximate surface area is 180 Å². The first kappa shape index (κ1) is 19.5. The van der Waals surface area contributed by atoms with Crippen LogP contribution >= 0.6 is 0 Å². The molecule has 31 heavy (non-hydrogen) atoms. The highest BCUT2D eigenvalue weighted by Crippen LogP contribution is 2.28. The number of hydrogen-bond donors (Lipinski definition) is 2. The molecule has 0 bridgehead atoms. The number of rotatable bonds is 4. The van der Waals surface area contributed by atoms with Gasteiger partial charge in [-0.25, -0.2) is 4.98 Å². The minimum atomic E-state index is -0.147. The van der Waals surface area contributed by atoms with E-state index in [1.165, 1.54) is 24.0 Å². The zero-order valence-electron chi connectivity index (χ0n) is 17.4. The predicted molar refractivity (Wildman–Crippen MR) is 121 cm³/mol. The number of anilines is 1. The molecule has 0 aliphatic heterocycles. The zero-order valence-corrected chi connectivity index (χ0v) is 17.4. The fraction of sp³-hybridized carbons (Fsp3) is 0.240. The number of fused-ring (bicyclic) bond motifs is 2. The third-order valence-corrected chi connectivity index (χ3v) is 6.10. The zero-order chi connectivity index (χ0) is 21.4. The van der Waals surface area contributed by atoms with Crippen molar-refractivity contribution in [3.63, 3.8) is 0 Å². The van der Waals surface area contributed by atoms with Crippen molar-refractivity contribution >= 4 is 22.5 Å². The van der Waals surface area contributed by atoms with E-state index in [9.17, 15) is 9.90 Å². The van der Waals surface area contributed by atoms with Crippen molar-refractivity contribution in [3.8, 4) is 11.1 Å². The third-order valence-electron chi connectivity index (χ3n) is 6.10. The second-order valence-electron chi connectivity index (χ2n) is 8.06. The van der Waals surface area contributed by atoms with E-state index in [2.05, 4.69) is 21.5 Å². The number of pyridine rings is 1. The molecule has 4 aromatic rings. The van der Waals surface area contributed by atoms with E-state index in [1.807, 2.05) is 43.4 Å². The van der Waals surface area contributed by atoms with Gasteiger partial charge in [0, 0.05) is 29.8 Å². The van der Waals surface area contributed by atoms with Gasteiger partial charge >= 0.3 is 0 Å². The number of carbonyl (C=O) groups is 1. The van der Waals surface area contributed by atoms with Gasteiger partial charge in [0.25, 0.3) is 5.91 Å². The number of carbonyl (C=O) groups excluding carboxylic acids is 1. The van der Waals surface area contributed by atoms with Crippen LogP contribution in [0.15, 0.2) is 54.9 Å². The number of nitrogens with one attached hydrogen (secondary N) is 1. The van der Waals surface area contributed by atoms with Crippen LogP contribution in [0.4, 0.5) is 5.82 Å². The summed E-state index contributed by atoms with van der Waals surface area (Å²) in [5, 5.41) is 18.8. The summed E-state index contributed by atoms with van der Waals surface area (Å²) in [5.41, 5.74) is 5.92. The molecular weight excluding hydrogens is 388 g/mol. The van der Waals surface area contributed by atoms with Gasteiger partial charge in [-0.05, 0) is 72.0 Å². The SMILES string of the molecule is Cn1ncc(-c2ccc3cnc(NC(=O)c4ccc5c(c4)CCCC5)cc3c2)c1CO. The van der Waals surface area contributed by atoms with Gasteiger partial charge < -0.3 is 10.4 Å². The lowest BCUT2D eigenvalue weighted by atomic mass is 9.90. The molecule has 1 amide bonds. The van der Waals surface area contributed by atoms with Crippen LogP contribution < -0.4 is 5.32 Å². The van der Waals surface area contributed by atoms with Crippen LogP contribution in [0.5, 0.6) is 0 Å². The number of amides is 1. The minimum Gasteiger partial charge on any atom is -0.390 e.